The predicted octanol–water partition coefficient (Wildman–Crippen LogP) is 2.24. The molecule has 0 aromatic rings. The van der Waals surface area contributed by atoms with Crippen LogP contribution < -0.4 is 0 Å². The van der Waals surface area contributed by atoms with Crippen LogP contribution in [-0.4, -0.2) is 12.6 Å². The van der Waals surface area contributed by atoms with E-state index in [0.717, 1.165) is 4.48 Å². The van der Waals surface area contributed by atoms with E-state index in [2.05, 4.69) is 15.9 Å². The number of allylic oxidation sites excluding steroid dienone is 1. The van der Waals surface area contributed by atoms with Crippen molar-refractivity contribution < 1.29 is 9.53 Å². The van der Waals surface area contributed by atoms with Gasteiger partial charge in [-0.25, -0.2) is 4.79 Å². The fraction of sp³-hybridized carbons (Fsp3) is 0.571. The molecule has 0 heterocycles. The van der Waals surface area contributed by atoms with Crippen molar-refractivity contribution >= 4 is 21.9 Å². The Labute approximate surface area is 69.4 Å². The molecule has 0 spiro atoms. The van der Waals surface area contributed by atoms with Crippen molar-refractivity contribution in [3.8, 4) is 0 Å². The summed E-state index contributed by atoms with van der Waals surface area (Å²) in [6.07, 6.45) is 0. The molecule has 0 aliphatic carbocycles. The highest BCUT2D eigenvalue weighted by molar-refractivity contribution is 9.11. The Morgan fingerprint density at radius 3 is 2.30 bits per heavy atom. The maximum Gasteiger partial charge on any atom is 0.334 e. The zero-order valence-electron chi connectivity index (χ0n) is 6.40. The minimum atomic E-state index is -0.253. The Bertz CT molecular complexity index is 157. The zero-order valence-corrected chi connectivity index (χ0v) is 7.99. The number of ether oxygens (including phenoxy) is 1. The van der Waals surface area contributed by atoms with E-state index in [9.17, 15) is 4.79 Å². The molecule has 0 radical (unpaired) electrons. The molecule has 0 saturated heterocycles. The largest absolute Gasteiger partial charge is 0.463 e. The summed E-state index contributed by atoms with van der Waals surface area (Å²) in [5.74, 6) is -0.253. The maximum atomic E-state index is 10.9. The predicted molar refractivity (Wildman–Crippen MR) is 43.9 cm³/mol. The highest BCUT2D eigenvalue weighted by atomic mass is 79.9. The van der Waals surface area contributed by atoms with Gasteiger partial charge < -0.3 is 4.74 Å². The van der Waals surface area contributed by atoms with Gasteiger partial charge in [-0.15, -0.1) is 0 Å². The molecule has 0 atom stereocenters. The molecule has 2 nitrogen and oxygen atoms in total. The van der Waals surface area contributed by atoms with E-state index in [-0.39, 0.29) is 5.97 Å². The number of esters is 1. The van der Waals surface area contributed by atoms with Crippen LogP contribution in [0.4, 0.5) is 0 Å². The minimum Gasteiger partial charge on any atom is -0.463 e. The third-order valence-corrected chi connectivity index (χ3v) is 1.69. The molecular weight excluding hydrogens is 196 g/mol. The first-order valence-electron chi connectivity index (χ1n) is 3.09. The van der Waals surface area contributed by atoms with Gasteiger partial charge in [0.1, 0.15) is 0 Å². The van der Waals surface area contributed by atoms with Crippen LogP contribution in [0.1, 0.15) is 20.8 Å². The van der Waals surface area contributed by atoms with Gasteiger partial charge in [0.05, 0.1) is 6.61 Å². The maximum absolute atomic E-state index is 10.9. The number of rotatable bonds is 2. The van der Waals surface area contributed by atoms with Crippen molar-refractivity contribution in [2.24, 2.45) is 0 Å². The quantitative estimate of drug-likeness (QED) is 0.512. The Morgan fingerprint density at radius 1 is 1.50 bits per heavy atom. The summed E-state index contributed by atoms with van der Waals surface area (Å²) in [5, 5.41) is 0. The standard InChI is InChI=1S/C7H11BrO2/c1-4-10-7(9)5(2)6(3)8/h4H2,1-3H3. The molecule has 10 heavy (non-hydrogen) atoms. The molecular formula is C7H11BrO2. The van der Waals surface area contributed by atoms with Crippen molar-refractivity contribution in [3.05, 3.63) is 10.1 Å². The van der Waals surface area contributed by atoms with E-state index in [1.807, 2.05) is 6.92 Å². The van der Waals surface area contributed by atoms with E-state index in [1.54, 1.807) is 13.8 Å². The Kier molecular flexibility index (Phi) is 4.36. The van der Waals surface area contributed by atoms with Gasteiger partial charge in [-0.3, -0.25) is 0 Å². The van der Waals surface area contributed by atoms with Crippen LogP contribution in [0.25, 0.3) is 0 Å². The summed E-state index contributed by atoms with van der Waals surface area (Å²) in [4.78, 5) is 10.9. The third-order valence-electron chi connectivity index (χ3n) is 1.10. The number of carbonyl (C=O) groups excluding carboxylic acids is 1. The molecule has 3 heteroatoms. The van der Waals surface area contributed by atoms with Crippen molar-refractivity contribution in [2.75, 3.05) is 6.61 Å². The lowest BCUT2D eigenvalue weighted by atomic mass is 10.3. The molecule has 58 valence electrons. The lowest BCUT2D eigenvalue weighted by Crippen LogP contribution is -2.05. The van der Waals surface area contributed by atoms with E-state index in [4.69, 9.17) is 4.74 Å². The van der Waals surface area contributed by atoms with Gasteiger partial charge in [0, 0.05) is 10.1 Å². The van der Waals surface area contributed by atoms with Gasteiger partial charge in [-0.1, -0.05) is 15.9 Å². The Balaban J connectivity index is 4.09. The van der Waals surface area contributed by atoms with E-state index in [0.29, 0.717) is 12.2 Å². The summed E-state index contributed by atoms with van der Waals surface area (Å²) >= 11 is 3.19. The first-order valence-corrected chi connectivity index (χ1v) is 3.89. The molecule has 0 rings (SSSR count). The van der Waals surface area contributed by atoms with Crippen LogP contribution in [0.2, 0.25) is 0 Å². The first kappa shape index (κ1) is 9.69. The van der Waals surface area contributed by atoms with Crippen LogP contribution in [-0.2, 0) is 9.53 Å². The van der Waals surface area contributed by atoms with Crippen molar-refractivity contribution in [3.63, 3.8) is 0 Å². The molecule has 0 N–H and O–H groups in total. The Hall–Kier alpha value is -0.310. The topological polar surface area (TPSA) is 26.3 Å². The second-order valence-corrected chi connectivity index (χ2v) is 3.07. The molecule has 0 aliphatic heterocycles. The van der Waals surface area contributed by atoms with Gasteiger partial charge in [0.15, 0.2) is 0 Å². The number of hydrogen-bond donors (Lipinski definition) is 0. The van der Waals surface area contributed by atoms with Crippen LogP contribution in [0.15, 0.2) is 10.1 Å². The lowest BCUT2D eigenvalue weighted by molar-refractivity contribution is -0.138. The van der Waals surface area contributed by atoms with Gasteiger partial charge in [-0.05, 0) is 20.8 Å². The fourth-order valence-corrected chi connectivity index (χ4v) is 0.542. The lowest BCUT2D eigenvalue weighted by Gasteiger charge is -2.01. The number of hydrogen-bond acceptors (Lipinski definition) is 2. The number of carbonyl (C=O) groups is 1. The minimum absolute atomic E-state index is 0.253. The van der Waals surface area contributed by atoms with E-state index in [1.165, 1.54) is 0 Å². The first-order chi connectivity index (χ1) is 4.59. The van der Waals surface area contributed by atoms with E-state index >= 15 is 0 Å². The molecule has 0 aromatic heterocycles. The highest BCUT2D eigenvalue weighted by Gasteiger charge is 2.05. The van der Waals surface area contributed by atoms with Crippen molar-refractivity contribution in [1.29, 1.82) is 0 Å². The van der Waals surface area contributed by atoms with Crippen molar-refractivity contribution in [1.82, 2.24) is 0 Å². The van der Waals surface area contributed by atoms with Crippen LogP contribution >= 0.6 is 15.9 Å². The molecule has 0 aromatic carbocycles. The fourth-order valence-electron chi connectivity index (χ4n) is 0.380. The zero-order chi connectivity index (χ0) is 8.15. The molecule has 0 amide bonds. The average molecular weight is 207 g/mol. The summed E-state index contributed by atoms with van der Waals surface area (Å²) in [5.41, 5.74) is 0.627. The monoisotopic (exact) mass is 206 g/mol. The molecule has 0 aliphatic rings. The summed E-state index contributed by atoms with van der Waals surface area (Å²) < 4.78 is 5.56. The van der Waals surface area contributed by atoms with Crippen LogP contribution in [0, 0.1) is 0 Å². The smallest absolute Gasteiger partial charge is 0.334 e. The molecule has 0 fully saturated rings. The molecule has 0 saturated carbocycles. The average Bonchev–Trinajstić information content (AvgIpc) is 1.87. The van der Waals surface area contributed by atoms with Gasteiger partial charge in [-0.2, -0.15) is 0 Å². The molecule has 0 unspecified atom stereocenters. The van der Waals surface area contributed by atoms with Gasteiger partial charge in [0.2, 0.25) is 0 Å². The van der Waals surface area contributed by atoms with Crippen molar-refractivity contribution in [2.45, 2.75) is 20.8 Å². The van der Waals surface area contributed by atoms with E-state index < -0.39 is 0 Å². The van der Waals surface area contributed by atoms with Crippen LogP contribution in [0.3, 0.4) is 0 Å². The van der Waals surface area contributed by atoms with Gasteiger partial charge in [0.25, 0.3) is 0 Å². The summed E-state index contributed by atoms with van der Waals surface area (Å²) in [6.45, 7) is 5.75. The van der Waals surface area contributed by atoms with Gasteiger partial charge >= 0.3 is 5.97 Å². The SMILES string of the molecule is CCOC(=O)C(C)=C(C)Br. The number of halogens is 1. The molecule has 0 bridgehead atoms. The normalized spacial score (nSPS) is 12.4. The van der Waals surface area contributed by atoms with Crippen LogP contribution in [0.5, 0.6) is 0 Å². The highest BCUT2D eigenvalue weighted by Crippen LogP contribution is 2.11. The second kappa shape index (κ2) is 4.50. The summed E-state index contributed by atoms with van der Waals surface area (Å²) in [6, 6.07) is 0. The third kappa shape index (κ3) is 3.01. The Morgan fingerprint density at radius 2 is 2.00 bits per heavy atom. The second-order valence-electron chi connectivity index (χ2n) is 1.88. The summed E-state index contributed by atoms with van der Waals surface area (Å²) in [7, 11) is 0.